The average molecular weight is 399 g/mol. The minimum atomic E-state index is -4.76. The number of benzene rings is 1. The highest BCUT2D eigenvalue weighted by Crippen LogP contribution is 2.27. The molecule has 0 atom stereocenters. The van der Waals surface area contributed by atoms with Gasteiger partial charge in [0.25, 0.3) is 11.1 Å². The van der Waals surface area contributed by atoms with Crippen molar-refractivity contribution in [2.45, 2.75) is 18.5 Å². The Balaban J connectivity index is 1.51. The second-order valence-corrected chi connectivity index (χ2v) is 6.10. The normalized spacial score (nSPS) is 11.4. The van der Waals surface area contributed by atoms with Gasteiger partial charge in [0.15, 0.2) is 0 Å². The molecule has 0 saturated heterocycles. The van der Waals surface area contributed by atoms with Crippen molar-refractivity contribution in [3.8, 4) is 17.2 Å². The van der Waals surface area contributed by atoms with Crippen LogP contribution in [0.3, 0.4) is 0 Å². The number of nitrogens with one attached hydrogen (secondary N) is 1. The summed E-state index contributed by atoms with van der Waals surface area (Å²) in [6.07, 6.45) is -3.26. The predicted molar refractivity (Wildman–Crippen MR) is 89.2 cm³/mol. The van der Waals surface area contributed by atoms with Gasteiger partial charge in [-0.1, -0.05) is 11.8 Å². The van der Waals surface area contributed by atoms with E-state index in [-0.39, 0.29) is 28.5 Å². The maximum Gasteiger partial charge on any atom is 0.573 e. The lowest BCUT2D eigenvalue weighted by Gasteiger charge is -2.09. The summed E-state index contributed by atoms with van der Waals surface area (Å²) in [5.74, 6) is 0.133. The zero-order valence-electron chi connectivity index (χ0n) is 13.7. The molecule has 1 N–H and O–H groups in total. The summed E-state index contributed by atoms with van der Waals surface area (Å²) in [5.41, 5.74) is 0.996. The molecule has 3 aromatic rings. The summed E-state index contributed by atoms with van der Waals surface area (Å²) < 4.78 is 50.7. The average Bonchev–Trinajstić information content (AvgIpc) is 3.22. The Morgan fingerprint density at radius 2 is 1.96 bits per heavy atom. The maximum absolute atomic E-state index is 12.1. The van der Waals surface area contributed by atoms with Crippen LogP contribution in [0.15, 0.2) is 50.7 Å². The second kappa shape index (κ2) is 7.74. The smallest absolute Gasteiger partial charge is 0.469 e. The molecule has 2 heterocycles. The largest absolute Gasteiger partial charge is 0.573 e. The van der Waals surface area contributed by atoms with Crippen LogP contribution < -0.4 is 10.1 Å². The molecule has 2 aromatic heterocycles. The van der Waals surface area contributed by atoms with Gasteiger partial charge < -0.3 is 18.9 Å². The Morgan fingerprint density at radius 3 is 2.59 bits per heavy atom. The van der Waals surface area contributed by atoms with Gasteiger partial charge in [0.1, 0.15) is 11.5 Å². The van der Waals surface area contributed by atoms with Gasteiger partial charge in [-0.3, -0.25) is 4.79 Å². The quantitative estimate of drug-likeness (QED) is 0.619. The number of furan rings is 1. The van der Waals surface area contributed by atoms with Crippen molar-refractivity contribution in [1.82, 2.24) is 10.2 Å². The summed E-state index contributed by atoms with van der Waals surface area (Å²) in [5, 5.41) is 10.5. The highest BCUT2D eigenvalue weighted by molar-refractivity contribution is 7.99. The van der Waals surface area contributed by atoms with Crippen LogP contribution in [0, 0.1) is 6.92 Å². The van der Waals surface area contributed by atoms with Gasteiger partial charge in [0.05, 0.1) is 17.6 Å². The van der Waals surface area contributed by atoms with E-state index in [0.29, 0.717) is 17.0 Å². The molecule has 0 fully saturated rings. The first-order valence-corrected chi connectivity index (χ1v) is 8.45. The van der Waals surface area contributed by atoms with Crippen LogP contribution in [-0.2, 0) is 4.79 Å². The number of hydrogen-bond acceptors (Lipinski definition) is 7. The fourth-order valence-corrected chi connectivity index (χ4v) is 2.61. The van der Waals surface area contributed by atoms with Crippen LogP contribution in [-0.4, -0.2) is 28.2 Å². The molecule has 0 radical (unpaired) electrons. The number of amides is 1. The minimum absolute atomic E-state index is 0.0210. The number of nitrogens with zero attached hydrogens (tertiary/aromatic N) is 2. The van der Waals surface area contributed by atoms with Gasteiger partial charge in [-0.15, -0.1) is 23.4 Å². The van der Waals surface area contributed by atoms with Crippen LogP contribution >= 0.6 is 11.8 Å². The van der Waals surface area contributed by atoms with E-state index >= 15 is 0 Å². The first-order valence-electron chi connectivity index (χ1n) is 7.46. The van der Waals surface area contributed by atoms with E-state index in [2.05, 4.69) is 20.3 Å². The van der Waals surface area contributed by atoms with E-state index in [1.165, 1.54) is 18.4 Å². The van der Waals surface area contributed by atoms with Crippen molar-refractivity contribution < 1.29 is 31.5 Å². The highest BCUT2D eigenvalue weighted by Gasteiger charge is 2.30. The Labute approximate surface area is 154 Å². The van der Waals surface area contributed by atoms with E-state index < -0.39 is 6.36 Å². The van der Waals surface area contributed by atoms with Crippen molar-refractivity contribution in [3.05, 3.63) is 42.4 Å². The molecule has 3 rings (SSSR count). The predicted octanol–water partition coefficient (Wildman–Crippen LogP) is 4.27. The molecule has 0 aliphatic rings. The molecule has 0 spiro atoms. The highest BCUT2D eigenvalue weighted by atomic mass is 32.2. The number of ether oxygens (including phenoxy) is 1. The SMILES string of the molecule is Cc1occc1-c1nnc(SCC(=O)Nc2ccc(OC(F)(F)F)cc2)o1. The fourth-order valence-electron chi connectivity index (χ4n) is 2.05. The Morgan fingerprint density at radius 1 is 1.22 bits per heavy atom. The van der Waals surface area contributed by atoms with Gasteiger partial charge in [-0.05, 0) is 37.3 Å². The van der Waals surface area contributed by atoms with Crippen molar-refractivity contribution >= 4 is 23.4 Å². The van der Waals surface area contributed by atoms with Crippen molar-refractivity contribution in [1.29, 1.82) is 0 Å². The van der Waals surface area contributed by atoms with Gasteiger partial charge in [-0.25, -0.2) is 0 Å². The molecule has 7 nitrogen and oxygen atoms in total. The third kappa shape index (κ3) is 5.26. The van der Waals surface area contributed by atoms with Crippen LogP contribution in [0.1, 0.15) is 5.76 Å². The van der Waals surface area contributed by atoms with E-state index in [9.17, 15) is 18.0 Å². The number of aromatic nitrogens is 2. The van der Waals surface area contributed by atoms with Crippen molar-refractivity contribution in [3.63, 3.8) is 0 Å². The third-order valence-electron chi connectivity index (χ3n) is 3.19. The number of carbonyl (C=O) groups is 1. The molecule has 1 aromatic carbocycles. The molecule has 142 valence electrons. The van der Waals surface area contributed by atoms with Crippen LogP contribution in [0.2, 0.25) is 0 Å². The summed E-state index contributed by atoms with van der Waals surface area (Å²) in [4.78, 5) is 11.9. The van der Waals surface area contributed by atoms with Gasteiger partial charge in [-0.2, -0.15) is 0 Å². The Bertz CT molecular complexity index is 922. The molecular formula is C16H12F3N3O4S. The number of thioether (sulfide) groups is 1. The molecule has 0 aliphatic carbocycles. The lowest BCUT2D eigenvalue weighted by molar-refractivity contribution is -0.274. The molecule has 11 heteroatoms. The number of rotatable bonds is 6. The molecular weight excluding hydrogens is 387 g/mol. The van der Waals surface area contributed by atoms with E-state index in [1.54, 1.807) is 13.0 Å². The molecule has 1 amide bonds. The fraction of sp³-hybridized carbons (Fsp3) is 0.188. The summed E-state index contributed by atoms with van der Waals surface area (Å²) in [6, 6.07) is 6.50. The van der Waals surface area contributed by atoms with Gasteiger partial charge in [0.2, 0.25) is 5.91 Å². The van der Waals surface area contributed by atoms with Crippen LogP contribution in [0.25, 0.3) is 11.5 Å². The summed E-state index contributed by atoms with van der Waals surface area (Å²) >= 11 is 1.03. The summed E-state index contributed by atoms with van der Waals surface area (Å²) in [7, 11) is 0. The number of hydrogen-bond donors (Lipinski definition) is 1. The monoisotopic (exact) mass is 399 g/mol. The van der Waals surface area contributed by atoms with Crippen LogP contribution in [0.4, 0.5) is 18.9 Å². The molecule has 27 heavy (non-hydrogen) atoms. The lowest BCUT2D eigenvalue weighted by Crippen LogP contribution is -2.17. The summed E-state index contributed by atoms with van der Waals surface area (Å²) in [6.45, 7) is 1.75. The van der Waals surface area contributed by atoms with E-state index in [1.807, 2.05) is 0 Å². The number of carbonyl (C=O) groups excluding carboxylic acids is 1. The third-order valence-corrected chi connectivity index (χ3v) is 4.01. The van der Waals surface area contributed by atoms with Crippen LogP contribution in [0.5, 0.6) is 5.75 Å². The Kier molecular flexibility index (Phi) is 5.40. The van der Waals surface area contributed by atoms with Gasteiger partial charge in [0, 0.05) is 5.69 Å². The number of alkyl halides is 3. The molecule has 0 bridgehead atoms. The maximum atomic E-state index is 12.1. The zero-order chi connectivity index (χ0) is 19.4. The van der Waals surface area contributed by atoms with E-state index in [4.69, 9.17) is 8.83 Å². The molecule has 0 aliphatic heterocycles. The first kappa shape index (κ1) is 18.8. The molecule has 0 unspecified atom stereocenters. The first-order chi connectivity index (χ1) is 12.8. The molecule has 0 saturated carbocycles. The second-order valence-electron chi connectivity index (χ2n) is 5.17. The van der Waals surface area contributed by atoms with Crippen molar-refractivity contribution in [2.24, 2.45) is 0 Å². The number of aryl methyl sites for hydroxylation is 1. The van der Waals surface area contributed by atoms with E-state index in [0.717, 1.165) is 23.9 Å². The number of halogens is 3. The van der Waals surface area contributed by atoms with Crippen molar-refractivity contribution in [2.75, 3.05) is 11.1 Å². The topological polar surface area (TPSA) is 90.4 Å². The lowest BCUT2D eigenvalue weighted by atomic mass is 10.3. The standard InChI is InChI=1S/C16H12F3N3O4S/c1-9-12(6-7-24-9)14-21-22-15(25-14)27-8-13(23)20-10-2-4-11(5-3-10)26-16(17,18)19/h2-7H,8H2,1H3,(H,20,23). The Hall–Kier alpha value is -2.95. The minimum Gasteiger partial charge on any atom is -0.469 e. The van der Waals surface area contributed by atoms with Gasteiger partial charge >= 0.3 is 6.36 Å². The number of anilines is 1. The zero-order valence-corrected chi connectivity index (χ0v) is 14.6.